The molecule has 0 radical (unpaired) electrons. The largest absolute Gasteiger partial charge is 0.417 e. The molecule has 4 rings (SSSR count). The molecular formula is C21H18ClF3N4O3S. The molecule has 2 heterocycles. The maximum Gasteiger partial charge on any atom is 0.417 e. The van der Waals surface area contributed by atoms with Crippen LogP contribution in [0.5, 0.6) is 0 Å². The van der Waals surface area contributed by atoms with Crippen LogP contribution in [0, 0.1) is 0 Å². The summed E-state index contributed by atoms with van der Waals surface area (Å²) >= 11 is 5.59. The van der Waals surface area contributed by atoms with Crippen molar-refractivity contribution in [3.05, 3.63) is 77.1 Å². The fraction of sp³-hybridized carbons (Fsp3) is 0.238. The van der Waals surface area contributed by atoms with Crippen LogP contribution in [0.3, 0.4) is 0 Å². The lowest BCUT2D eigenvalue weighted by Gasteiger charge is -2.33. The number of hydrogen-bond donors (Lipinski definition) is 0. The molecule has 174 valence electrons. The zero-order valence-electron chi connectivity index (χ0n) is 17.0. The topological polar surface area (TPSA) is 75.5 Å². The van der Waals surface area contributed by atoms with Gasteiger partial charge in [0.2, 0.25) is 10.0 Å². The van der Waals surface area contributed by atoms with Gasteiger partial charge < -0.3 is 4.90 Å². The number of carbonyl (C=O) groups excluding carboxylic acids is 1. The number of halogens is 4. The number of sulfonamides is 1. The van der Waals surface area contributed by atoms with Gasteiger partial charge in [-0.1, -0.05) is 29.8 Å². The first-order chi connectivity index (χ1) is 15.6. The molecule has 12 heteroatoms. The van der Waals surface area contributed by atoms with Crippen molar-refractivity contribution in [1.82, 2.24) is 19.0 Å². The number of amides is 1. The Bertz CT molecular complexity index is 1270. The molecule has 0 unspecified atom stereocenters. The van der Waals surface area contributed by atoms with E-state index in [4.69, 9.17) is 11.6 Å². The van der Waals surface area contributed by atoms with Crippen LogP contribution < -0.4 is 0 Å². The molecule has 0 N–H and O–H groups in total. The van der Waals surface area contributed by atoms with Gasteiger partial charge in [-0.15, -0.1) is 0 Å². The number of aromatic nitrogens is 2. The van der Waals surface area contributed by atoms with Crippen molar-refractivity contribution in [3.8, 4) is 5.69 Å². The second-order valence-corrected chi connectivity index (χ2v) is 9.69. The first kappa shape index (κ1) is 23.3. The Morgan fingerprint density at radius 2 is 1.67 bits per heavy atom. The first-order valence-electron chi connectivity index (χ1n) is 9.83. The van der Waals surface area contributed by atoms with Gasteiger partial charge >= 0.3 is 6.18 Å². The molecule has 7 nitrogen and oxygen atoms in total. The average molecular weight is 499 g/mol. The SMILES string of the molecule is O=C(c1cnn(-c2ccccc2)c1)N1CCN(S(=O)(=O)c2ccc(Cl)c(C(F)(F)F)c2)CC1. The van der Waals surface area contributed by atoms with Crippen LogP contribution in [0.4, 0.5) is 13.2 Å². The summed E-state index contributed by atoms with van der Waals surface area (Å²) in [6.07, 6.45) is -1.75. The molecular weight excluding hydrogens is 481 g/mol. The number of alkyl halides is 3. The fourth-order valence-corrected chi connectivity index (χ4v) is 5.17. The lowest BCUT2D eigenvalue weighted by atomic mass is 10.2. The number of carbonyl (C=O) groups is 1. The minimum absolute atomic E-state index is 0.0507. The van der Waals surface area contributed by atoms with Crippen molar-refractivity contribution >= 4 is 27.5 Å². The van der Waals surface area contributed by atoms with Crippen LogP contribution in [0.25, 0.3) is 5.69 Å². The number of para-hydroxylation sites is 1. The monoisotopic (exact) mass is 498 g/mol. The van der Waals surface area contributed by atoms with Gasteiger partial charge in [-0.25, -0.2) is 13.1 Å². The van der Waals surface area contributed by atoms with Crippen molar-refractivity contribution in [2.45, 2.75) is 11.1 Å². The average Bonchev–Trinajstić information content (AvgIpc) is 3.29. The van der Waals surface area contributed by atoms with E-state index in [1.54, 1.807) is 10.9 Å². The summed E-state index contributed by atoms with van der Waals surface area (Å²) in [7, 11) is -4.19. The molecule has 1 aliphatic heterocycles. The Kier molecular flexibility index (Phi) is 6.21. The van der Waals surface area contributed by atoms with Gasteiger partial charge in [0.05, 0.1) is 32.9 Å². The van der Waals surface area contributed by atoms with E-state index >= 15 is 0 Å². The maximum atomic E-state index is 13.1. The summed E-state index contributed by atoms with van der Waals surface area (Å²) in [6, 6.07) is 11.7. The van der Waals surface area contributed by atoms with Crippen LogP contribution in [0.1, 0.15) is 15.9 Å². The lowest BCUT2D eigenvalue weighted by molar-refractivity contribution is -0.137. The third kappa shape index (κ3) is 4.75. The van der Waals surface area contributed by atoms with E-state index in [-0.39, 0.29) is 32.1 Å². The van der Waals surface area contributed by atoms with E-state index in [2.05, 4.69) is 5.10 Å². The summed E-state index contributed by atoms with van der Waals surface area (Å²) in [5.74, 6) is -0.305. The van der Waals surface area contributed by atoms with Crippen molar-refractivity contribution in [1.29, 1.82) is 0 Å². The van der Waals surface area contributed by atoms with Gasteiger partial charge in [0.15, 0.2) is 0 Å². The van der Waals surface area contributed by atoms with E-state index in [0.29, 0.717) is 11.6 Å². The smallest absolute Gasteiger partial charge is 0.336 e. The molecule has 1 aliphatic rings. The van der Waals surface area contributed by atoms with Gasteiger partial charge in [0.1, 0.15) is 0 Å². The Morgan fingerprint density at radius 1 is 1.00 bits per heavy atom. The minimum atomic E-state index is -4.78. The van der Waals surface area contributed by atoms with Gasteiger partial charge in [-0.3, -0.25) is 4.79 Å². The van der Waals surface area contributed by atoms with E-state index < -0.39 is 31.7 Å². The molecule has 0 aliphatic carbocycles. The number of hydrogen-bond acceptors (Lipinski definition) is 4. The van der Waals surface area contributed by atoms with Gasteiger partial charge in [-0.2, -0.15) is 22.6 Å². The molecule has 2 aromatic carbocycles. The second-order valence-electron chi connectivity index (χ2n) is 7.34. The summed E-state index contributed by atoms with van der Waals surface area (Å²) in [5, 5.41) is 3.62. The quantitative estimate of drug-likeness (QED) is 0.550. The predicted molar refractivity (Wildman–Crippen MR) is 115 cm³/mol. The van der Waals surface area contributed by atoms with E-state index in [0.717, 1.165) is 22.1 Å². The number of nitrogens with zero attached hydrogens (tertiary/aromatic N) is 4. The molecule has 1 amide bonds. The molecule has 1 fully saturated rings. The summed E-state index contributed by atoms with van der Waals surface area (Å²) in [4.78, 5) is 13.8. The number of rotatable bonds is 4. The lowest BCUT2D eigenvalue weighted by Crippen LogP contribution is -2.50. The van der Waals surface area contributed by atoms with E-state index in [1.165, 1.54) is 11.1 Å². The minimum Gasteiger partial charge on any atom is -0.336 e. The van der Waals surface area contributed by atoms with E-state index in [1.807, 2.05) is 30.3 Å². The molecule has 0 spiro atoms. The number of benzene rings is 2. The van der Waals surface area contributed by atoms with Crippen LogP contribution in [-0.2, 0) is 16.2 Å². The highest BCUT2D eigenvalue weighted by Gasteiger charge is 2.36. The highest BCUT2D eigenvalue weighted by atomic mass is 35.5. The molecule has 0 saturated carbocycles. The van der Waals surface area contributed by atoms with E-state index in [9.17, 15) is 26.4 Å². The van der Waals surface area contributed by atoms with Crippen LogP contribution in [-0.4, -0.2) is 59.5 Å². The fourth-order valence-electron chi connectivity index (χ4n) is 3.50. The molecule has 3 aromatic rings. The van der Waals surface area contributed by atoms with Crippen molar-refractivity contribution < 1.29 is 26.4 Å². The highest BCUT2D eigenvalue weighted by Crippen LogP contribution is 2.36. The molecule has 33 heavy (non-hydrogen) atoms. The standard InChI is InChI=1S/C21H18ClF3N4O3S/c22-19-7-6-17(12-18(19)21(23,24)25)33(31,32)28-10-8-27(9-11-28)20(30)15-13-26-29(14-15)16-4-2-1-3-5-16/h1-7,12-14H,8-11H2. The van der Waals surface area contributed by atoms with Crippen molar-refractivity contribution in [2.24, 2.45) is 0 Å². The van der Waals surface area contributed by atoms with Gasteiger partial charge in [-0.05, 0) is 30.3 Å². The Hall–Kier alpha value is -2.89. The normalized spacial score (nSPS) is 15.6. The second kappa shape index (κ2) is 8.81. The van der Waals surface area contributed by atoms with Gasteiger partial charge in [0.25, 0.3) is 5.91 Å². The van der Waals surface area contributed by atoms with Crippen molar-refractivity contribution in [3.63, 3.8) is 0 Å². The Labute approximate surface area is 193 Å². The summed E-state index contributed by atoms with van der Waals surface area (Å²) in [6.45, 7) is 0.0817. The zero-order chi connectivity index (χ0) is 23.8. The first-order valence-corrected chi connectivity index (χ1v) is 11.7. The van der Waals surface area contributed by atoms with Gasteiger partial charge in [0, 0.05) is 32.4 Å². The summed E-state index contributed by atoms with van der Waals surface area (Å²) < 4.78 is 67.8. The molecule has 1 aromatic heterocycles. The number of piperazine rings is 1. The Morgan fingerprint density at radius 3 is 2.30 bits per heavy atom. The van der Waals surface area contributed by atoms with Crippen LogP contribution >= 0.6 is 11.6 Å². The summed E-state index contributed by atoms with van der Waals surface area (Å²) in [5.41, 5.74) is -0.0779. The highest BCUT2D eigenvalue weighted by molar-refractivity contribution is 7.89. The van der Waals surface area contributed by atoms with Crippen molar-refractivity contribution in [2.75, 3.05) is 26.2 Å². The zero-order valence-corrected chi connectivity index (χ0v) is 18.6. The van der Waals surface area contributed by atoms with Crippen LogP contribution in [0.15, 0.2) is 65.8 Å². The van der Waals surface area contributed by atoms with Crippen LogP contribution in [0.2, 0.25) is 5.02 Å². The molecule has 0 bridgehead atoms. The molecule has 1 saturated heterocycles. The maximum absolute atomic E-state index is 13.1. The third-order valence-electron chi connectivity index (χ3n) is 5.26. The Balaban J connectivity index is 1.46. The predicted octanol–water partition coefficient (Wildman–Crippen LogP) is 3.69. The third-order valence-corrected chi connectivity index (χ3v) is 7.48. The molecule has 0 atom stereocenters.